The van der Waals surface area contributed by atoms with E-state index in [2.05, 4.69) is 19.2 Å². The van der Waals surface area contributed by atoms with Crippen molar-refractivity contribution < 1.29 is 0 Å². The van der Waals surface area contributed by atoms with Crippen molar-refractivity contribution in [2.45, 2.75) is 19.9 Å². The van der Waals surface area contributed by atoms with E-state index in [9.17, 15) is 0 Å². The Kier molecular flexibility index (Phi) is 5.56. The Labute approximate surface area is 107 Å². The summed E-state index contributed by atoms with van der Waals surface area (Å²) in [6.07, 6.45) is 0. The summed E-state index contributed by atoms with van der Waals surface area (Å²) in [5.74, 6) is 0.576. The smallest absolute Gasteiger partial charge is 0.0460 e. The maximum atomic E-state index is 6.13. The van der Waals surface area contributed by atoms with Crippen LogP contribution in [0, 0.1) is 5.92 Å². The lowest BCUT2D eigenvalue weighted by molar-refractivity contribution is 0.479. The van der Waals surface area contributed by atoms with Crippen molar-refractivity contribution in [2.75, 3.05) is 13.1 Å². The minimum atomic E-state index is 0.0635. The topological polar surface area (TPSA) is 38.0 Å². The van der Waals surface area contributed by atoms with Gasteiger partial charge in [-0.2, -0.15) is 0 Å². The summed E-state index contributed by atoms with van der Waals surface area (Å²) in [6.45, 7) is 5.72. The molecule has 1 atom stereocenters. The quantitative estimate of drug-likeness (QED) is 0.853. The van der Waals surface area contributed by atoms with Gasteiger partial charge in [0.15, 0.2) is 0 Å². The van der Waals surface area contributed by atoms with Crippen LogP contribution >= 0.6 is 23.2 Å². The van der Waals surface area contributed by atoms with Gasteiger partial charge >= 0.3 is 0 Å². The van der Waals surface area contributed by atoms with Gasteiger partial charge in [0.1, 0.15) is 0 Å². The Bertz CT molecular complexity index is 340. The number of nitrogens with one attached hydrogen (secondary N) is 1. The van der Waals surface area contributed by atoms with Crippen LogP contribution in [-0.2, 0) is 0 Å². The van der Waals surface area contributed by atoms with Crippen LogP contribution in [-0.4, -0.2) is 13.1 Å². The molecular formula is C12H18Cl2N2. The zero-order valence-electron chi connectivity index (χ0n) is 9.63. The molecule has 0 amide bonds. The van der Waals surface area contributed by atoms with Gasteiger partial charge in [0.05, 0.1) is 0 Å². The fourth-order valence-electron chi connectivity index (χ4n) is 1.48. The molecule has 1 aromatic rings. The molecule has 0 aliphatic rings. The average molecular weight is 261 g/mol. The Morgan fingerprint density at radius 3 is 2.56 bits per heavy atom. The van der Waals surface area contributed by atoms with E-state index in [-0.39, 0.29) is 6.04 Å². The summed E-state index contributed by atoms with van der Waals surface area (Å²) in [6, 6.07) is 5.52. The zero-order valence-corrected chi connectivity index (χ0v) is 11.1. The molecular weight excluding hydrogens is 243 g/mol. The number of hydrogen-bond acceptors (Lipinski definition) is 2. The molecule has 0 aromatic heterocycles. The van der Waals surface area contributed by atoms with E-state index in [4.69, 9.17) is 28.9 Å². The summed E-state index contributed by atoms with van der Waals surface area (Å²) in [4.78, 5) is 0. The van der Waals surface area contributed by atoms with Crippen molar-refractivity contribution in [2.24, 2.45) is 11.7 Å². The Morgan fingerprint density at radius 1 is 1.31 bits per heavy atom. The molecule has 16 heavy (non-hydrogen) atoms. The molecule has 0 aliphatic carbocycles. The van der Waals surface area contributed by atoms with Crippen LogP contribution in [0.2, 0.25) is 10.0 Å². The first kappa shape index (κ1) is 13.8. The molecule has 3 N–H and O–H groups in total. The Balaban J connectivity index is 2.81. The molecule has 1 aromatic carbocycles. The lowest BCUT2D eigenvalue weighted by Crippen LogP contribution is -2.31. The van der Waals surface area contributed by atoms with Crippen molar-refractivity contribution in [1.82, 2.24) is 5.32 Å². The Morgan fingerprint density at radius 2 is 2.00 bits per heavy atom. The SMILES string of the molecule is CC(C)CNC(CN)c1cc(Cl)ccc1Cl. The van der Waals surface area contributed by atoms with Gasteiger partial charge in [0.25, 0.3) is 0 Å². The first-order valence-electron chi connectivity index (χ1n) is 5.43. The molecule has 0 radical (unpaired) electrons. The van der Waals surface area contributed by atoms with E-state index in [0.29, 0.717) is 22.5 Å². The number of nitrogens with two attached hydrogens (primary N) is 1. The molecule has 0 aliphatic heterocycles. The molecule has 4 heteroatoms. The van der Waals surface area contributed by atoms with Crippen molar-refractivity contribution in [3.05, 3.63) is 33.8 Å². The van der Waals surface area contributed by atoms with Crippen LogP contribution in [0.25, 0.3) is 0 Å². The van der Waals surface area contributed by atoms with Crippen LogP contribution in [0.5, 0.6) is 0 Å². The highest BCUT2D eigenvalue weighted by Crippen LogP contribution is 2.25. The minimum Gasteiger partial charge on any atom is -0.329 e. The second-order valence-corrected chi connectivity index (χ2v) is 5.10. The molecule has 0 heterocycles. The van der Waals surface area contributed by atoms with Gasteiger partial charge in [-0.1, -0.05) is 37.0 Å². The third kappa shape index (κ3) is 3.95. The normalized spacial score (nSPS) is 13.1. The van der Waals surface area contributed by atoms with Crippen molar-refractivity contribution in [3.8, 4) is 0 Å². The van der Waals surface area contributed by atoms with Gasteiger partial charge in [-0.3, -0.25) is 0 Å². The molecule has 2 nitrogen and oxygen atoms in total. The van der Waals surface area contributed by atoms with Gasteiger partial charge in [0.2, 0.25) is 0 Å². The summed E-state index contributed by atoms with van der Waals surface area (Å²) in [5, 5.41) is 4.77. The number of rotatable bonds is 5. The fraction of sp³-hybridized carbons (Fsp3) is 0.500. The summed E-state index contributed by atoms with van der Waals surface area (Å²) in [7, 11) is 0. The summed E-state index contributed by atoms with van der Waals surface area (Å²) in [5.41, 5.74) is 6.72. The minimum absolute atomic E-state index is 0.0635. The van der Waals surface area contributed by atoms with Crippen LogP contribution in [0.1, 0.15) is 25.5 Å². The standard InChI is InChI=1S/C12H18Cl2N2/c1-8(2)7-16-12(6-15)10-5-9(13)3-4-11(10)14/h3-5,8,12,16H,6-7,15H2,1-2H3. The highest BCUT2D eigenvalue weighted by molar-refractivity contribution is 6.33. The van der Waals surface area contributed by atoms with E-state index in [0.717, 1.165) is 12.1 Å². The van der Waals surface area contributed by atoms with Gasteiger partial charge in [-0.15, -0.1) is 0 Å². The van der Waals surface area contributed by atoms with E-state index in [1.807, 2.05) is 6.07 Å². The molecule has 0 spiro atoms. The largest absolute Gasteiger partial charge is 0.329 e. The molecule has 0 fully saturated rings. The fourth-order valence-corrected chi connectivity index (χ4v) is 1.91. The number of halogens is 2. The second-order valence-electron chi connectivity index (χ2n) is 4.26. The van der Waals surface area contributed by atoms with E-state index in [1.165, 1.54) is 0 Å². The van der Waals surface area contributed by atoms with Crippen LogP contribution in [0.15, 0.2) is 18.2 Å². The monoisotopic (exact) mass is 260 g/mol. The predicted octanol–water partition coefficient (Wildman–Crippen LogP) is 3.24. The summed E-state index contributed by atoms with van der Waals surface area (Å²) >= 11 is 12.1. The third-order valence-corrected chi connectivity index (χ3v) is 2.92. The van der Waals surface area contributed by atoms with Crippen molar-refractivity contribution >= 4 is 23.2 Å². The highest BCUT2D eigenvalue weighted by Gasteiger charge is 2.13. The summed E-state index contributed by atoms with van der Waals surface area (Å²) < 4.78 is 0. The predicted molar refractivity (Wildman–Crippen MR) is 71.1 cm³/mol. The van der Waals surface area contributed by atoms with Crippen LogP contribution in [0.3, 0.4) is 0 Å². The second kappa shape index (κ2) is 6.45. The van der Waals surface area contributed by atoms with Crippen molar-refractivity contribution in [3.63, 3.8) is 0 Å². The molecule has 90 valence electrons. The lowest BCUT2D eigenvalue weighted by Gasteiger charge is -2.20. The molecule has 0 saturated heterocycles. The maximum Gasteiger partial charge on any atom is 0.0460 e. The van der Waals surface area contributed by atoms with Gasteiger partial charge in [-0.05, 0) is 36.2 Å². The first-order valence-corrected chi connectivity index (χ1v) is 6.18. The van der Waals surface area contributed by atoms with Crippen LogP contribution in [0.4, 0.5) is 0 Å². The van der Waals surface area contributed by atoms with E-state index < -0.39 is 0 Å². The van der Waals surface area contributed by atoms with E-state index >= 15 is 0 Å². The Hall–Kier alpha value is -0.280. The van der Waals surface area contributed by atoms with E-state index in [1.54, 1.807) is 12.1 Å². The van der Waals surface area contributed by atoms with Crippen LogP contribution < -0.4 is 11.1 Å². The maximum absolute atomic E-state index is 6.13. The van der Waals surface area contributed by atoms with Crippen molar-refractivity contribution in [1.29, 1.82) is 0 Å². The highest BCUT2D eigenvalue weighted by atomic mass is 35.5. The number of benzene rings is 1. The average Bonchev–Trinajstić information content (AvgIpc) is 2.23. The molecule has 0 saturated carbocycles. The number of hydrogen-bond donors (Lipinski definition) is 2. The lowest BCUT2D eigenvalue weighted by atomic mass is 10.1. The van der Waals surface area contributed by atoms with Gasteiger partial charge in [0, 0.05) is 22.6 Å². The zero-order chi connectivity index (χ0) is 12.1. The molecule has 0 bridgehead atoms. The van der Waals surface area contributed by atoms with Gasteiger partial charge in [-0.25, -0.2) is 0 Å². The third-order valence-electron chi connectivity index (χ3n) is 2.34. The van der Waals surface area contributed by atoms with Gasteiger partial charge < -0.3 is 11.1 Å². The molecule has 1 unspecified atom stereocenters. The molecule has 1 rings (SSSR count). The first-order chi connectivity index (χ1) is 7.54.